The van der Waals surface area contributed by atoms with Crippen molar-refractivity contribution in [2.75, 3.05) is 25.0 Å². The highest BCUT2D eigenvalue weighted by atomic mass is 19.1. The highest BCUT2D eigenvalue weighted by Crippen LogP contribution is 2.15. The molecular formula is C18H30FN3O. The number of hydrogen-bond acceptors (Lipinski definition) is 2. The number of carbonyl (C=O) groups is 1. The normalized spacial score (nSPS) is 12.5. The number of rotatable bonds is 8. The van der Waals surface area contributed by atoms with Crippen molar-refractivity contribution in [3.05, 3.63) is 29.6 Å². The predicted molar refractivity (Wildman–Crippen MR) is 94.3 cm³/mol. The highest BCUT2D eigenvalue weighted by Gasteiger charge is 2.18. The molecule has 1 aromatic carbocycles. The lowest BCUT2D eigenvalue weighted by molar-refractivity contribution is 0.186. The molecule has 0 unspecified atom stereocenters. The van der Waals surface area contributed by atoms with Crippen molar-refractivity contribution < 1.29 is 9.18 Å². The first-order valence-electron chi connectivity index (χ1n) is 8.42. The van der Waals surface area contributed by atoms with Crippen LogP contribution in [0.15, 0.2) is 18.2 Å². The molecule has 23 heavy (non-hydrogen) atoms. The molecule has 0 saturated heterocycles. The van der Waals surface area contributed by atoms with Crippen LogP contribution in [0.5, 0.6) is 0 Å². The van der Waals surface area contributed by atoms with E-state index in [1.807, 2.05) is 0 Å². The summed E-state index contributed by atoms with van der Waals surface area (Å²) in [7, 11) is 0. The maximum absolute atomic E-state index is 13.1. The van der Waals surface area contributed by atoms with E-state index in [-0.39, 0.29) is 11.8 Å². The first-order chi connectivity index (χ1) is 10.9. The Morgan fingerprint density at radius 2 is 1.91 bits per heavy atom. The van der Waals surface area contributed by atoms with Crippen LogP contribution >= 0.6 is 0 Å². The summed E-state index contributed by atoms with van der Waals surface area (Å²) in [5.41, 5.74) is 1.34. The van der Waals surface area contributed by atoms with Crippen LogP contribution in [0.1, 0.15) is 39.7 Å². The zero-order chi connectivity index (χ0) is 17.4. The highest BCUT2D eigenvalue weighted by molar-refractivity contribution is 5.90. The molecule has 0 aliphatic heterocycles. The van der Waals surface area contributed by atoms with E-state index in [9.17, 15) is 9.18 Å². The van der Waals surface area contributed by atoms with Gasteiger partial charge in [-0.15, -0.1) is 0 Å². The molecule has 0 bridgehead atoms. The maximum Gasteiger partial charge on any atom is 0.319 e. The van der Waals surface area contributed by atoms with Gasteiger partial charge in [0.25, 0.3) is 0 Å². The summed E-state index contributed by atoms with van der Waals surface area (Å²) in [5, 5.41) is 5.73. The van der Waals surface area contributed by atoms with Crippen LogP contribution < -0.4 is 10.6 Å². The molecule has 0 radical (unpaired) electrons. The van der Waals surface area contributed by atoms with Gasteiger partial charge in [-0.1, -0.05) is 27.7 Å². The molecule has 1 atom stereocenters. The third-order valence-electron chi connectivity index (χ3n) is 4.01. The van der Waals surface area contributed by atoms with Gasteiger partial charge in [-0.2, -0.15) is 0 Å². The molecule has 0 aliphatic rings. The summed E-state index contributed by atoms with van der Waals surface area (Å²) in [6, 6.07) is 4.42. The van der Waals surface area contributed by atoms with Crippen LogP contribution in [-0.2, 0) is 0 Å². The molecule has 2 N–H and O–H groups in total. The van der Waals surface area contributed by atoms with Gasteiger partial charge in [0.2, 0.25) is 0 Å². The van der Waals surface area contributed by atoms with Gasteiger partial charge in [0.15, 0.2) is 0 Å². The second-order valence-corrected chi connectivity index (χ2v) is 6.30. The number of benzene rings is 1. The van der Waals surface area contributed by atoms with Crippen LogP contribution in [0.4, 0.5) is 14.9 Å². The quantitative estimate of drug-likeness (QED) is 0.759. The van der Waals surface area contributed by atoms with E-state index in [0.29, 0.717) is 29.8 Å². The lowest BCUT2D eigenvalue weighted by Crippen LogP contribution is -2.45. The predicted octanol–water partition coefficient (Wildman–Crippen LogP) is 4.01. The van der Waals surface area contributed by atoms with Crippen molar-refractivity contribution in [1.29, 1.82) is 0 Å². The molecule has 1 aromatic rings. The average Bonchev–Trinajstić information content (AvgIpc) is 2.48. The van der Waals surface area contributed by atoms with Crippen LogP contribution in [0, 0.1) is 18.7 Å². The second-order valence-electron chi connectivity index (χ2n) is 6.30. The summed E-state index contributed by atoms with van der Waals surface area (Å²) in [5.74, 6) is 0.275. The summed E-state index contributed by atoms with van der Waals surface area (Å²) >= 11 is 0. The average molecular weight is 323 g/mol. The van der Waals surface area contributed by atoms with Crippen molar-refractivity contribution >= 4 is 11.7 Å². The van der Waals surface area contributed by atoms with E-state index in [2.05, 4.69) is 43.2 Å². The van der Waals surface area contributed by atoms with Gasteiger partial charge in [-0.05, 0) is 56.1 Å². The molecule has 5 heteroatoms. The summed E-state index contributed by atoms with van der Waals surface area (Å²) in [6.07, 6.45) is 1.04. The molecule has 0 aromatic heterocycles. The van der Waals surface area contributed by atoms with Crippen molar-refractivity contribution in [2.24, 2.45) is 5.92 Å². The number of aryl methyl sites for hydroxylation is 1. The van der Waals surface area contributed by atoms with Crippen LogP contribution in [0.25, 0.3) is 0 Å². The Morgan fingerprint density at radius 1 is 1.26 bits per heavy atom. The first-order valence-corrected chi connectivity index (χ1v) is 8.42. The molecule has 4 nitrogen and oxygen atoms in total. The molecule has 0 heterocycles. The molecule has 0 fully saturated rings. The Morgan fingerprint density at radius 3 is 2.43 bits per heavy atom. The van der Waals surface area contributed by atoms with E-state index >= 15 is 0 Å². The second kappa shape index (κ2) is 9.50. The van der Waals surface area contributed by atoms with Gasteiger partial charge in [-0.3, -0.25) is 4.90 Å². The summed E-state index contributed by atoms with van der Waals surface area (Å²) in [6.45, 7) is 13.0. The standard InChI is InChI=1S/C18H30FN3O/c1-6-22(7-2)16(10-13(3)4)12-20-18(23)21-17-9-8-15(19)11-14(17)5/h8-9,11,13,16H,6-7,10,12H2,1-5H3,(H2,20,21,23)/t16-/m1/s1. The van der Waals surface area contributed by atoms with Gasteiger partial charge < -0.3 is 10.6 Å². The van der Waals surface area contributed by atoms with Gasteiger partial charge in [0, 0.05) is 18.3 Å². The molecule has 0 aliphatic carbocycles. The SMILES string of the molecule is CCN(CC)[C@@H](CNC(=O)Nc1ccc(F)cc1C)CC(C)C. The number of nitrogens with zero attached hydrogens (tertiary/aromatic N) is 1. The minimum atomic E-state index is -0.299. The van der Waals surface area contributed by atoms with Crippen molar-refractivity contribution in [1.82, 2.24) is 10.2 Å². The lowest BCUT2D eigenvalue weighted by Gasteiger charge is -2.31. The minimum Gasteiger partial charge on any atom is -0.336 e. The summed E-state index contributed by atoms with van der Waals surface area (Å²) < 4.78 is 13.1. The molecule has 0 spiro atoms. The van der Waals surface area contributed by atoms with Gasteiger partial charge in [-0.25, -0.2) is 9.18 Å². The molecular weight excluding hydrogens is 293 g/mol. The number of hydrogen-bond donors (Lipinski definition) is 2. The monoisotopic (exact) mass is 323 g/mol. The van der Waals surface area contributed by atoms with Crippen molar-refractivity contribution in [3.8, 4) is 0 Å². The van der Waals surface area contributed by atoms with Gasteiger partial charge in [0.05, 0.1) is 0 Å². The van der Waals surface area contributed by atoms with Gasteiger partial charge in [0.1, 0.15) is 5.82 Å². The zero-order valence-corrected chi connectivity index (χ0v) is 14.9. The Kier molecular flexibility index (Phi) is 8.03. The van der Waals surface area contributed by atoms with E-state index in [1.165, 1.54) is 12.1 Å². The number of anilines is 1. The van der Waals surface area contributed by atoms with Crippen molar-refractivity contribution in [3.63, 3.8) is 0 Å². The number of halogens is 1. The van der Waals surface area contributed by atoms with E-state index in [4.69, 9.17) is 0 Å². The molecule has 2 amide bonds. The zero-order valence-electron chi connectivity index (χ0n) is 14.9. The van der Waals surface area contributed by atoms with Gasteiger partial charge >= 0.3 is 6.03 Å². The third-order valence-corrected chi connectivity index (χ3v) is 4.01. The minimum absolute atomic E-state index is 0.249. The Bertz CT molecular complexity index is 501. The van der Waals surface area contributed by atoms with E-state index in [1.54, 1.807) is 13.0 Å². The molecule has 0 saturated carbocycles. The third kappa shape index (κ3) is 6.57. The van der Waals surface area contributed by atoms with Crippen LogP contribution in [0.3, 0.4) is 0 Å². The van der Waals surface area contributed by atoms with Crippen LogP contribution in [0.2, 0.25) is 0 Å². The fourth-order valence-electron chi connectivity index (χ4n) is 2.79. The number of carbonyl (C=O) groups excluding carboxylic acids is 1. The Hall–Kier alpha value is -1.62. The number of nitrogens with one attached hydrogen (secondary N) is 2. The fourth-order valence-corrected chi connectivity index (χ4v) is 2.79. The van der Waals surface area contributed by atoms with Crippen molar-refractivity contribution in [2.45, 2.75) is 47.1 Å². The molecule has 1 rings (SSSR count). The number of urea groups is 1. The summed E-state index contributed by atoms with van der Waals surface area (Å²) in [4.78, 5) is 14.5. The molecule has 130 valence electrons. The fraction of sp³-hybridized carbons (Fsp3) is 0.611. The Labute approximate surface area is 139 Å². The number of amides is 2. The maximum atomic E-state index is 13.1. The van der Waals surface area contributed by atoms with Crippen LogP contribution in [-0.4, -0.2) is 36.6 Å². The first kappa shape index (κ1) is 19.4. The topological polar surface area (TPSA) is 44.4 Å². The largest absolute Gasteiger partial charge is 0.336 e. The Balaban J connectivity index is 2.60. The number of likely N-dealkylation sites (N-methyl/N-ethyl adjacent to an activating group) is 1. The van der Waals surface area contributed by atoms with E-state index < -0.39 is 0 Å². The van der Waals surface area contributed by atoms with E-state index in [0.717, 1.165) is 19.5 Å². The lowest BCUT2D eigenvalue weighted by atomic mass is 10.0. The smallest absolute Gasteiger partial charge is 0.319 e.